The number of amides is 2. The average Bonchev–Trinajstić information content (AvgIpc) is 1.55. The van der Waals surface area contributed by atoms with Crippen molar-refractivity contribution in [2.75, 3.05) is 31.3 Å². The number of rotatable bonds is 14. The molecule has 654 valence electrons. The minimum absolute atomic E-state index is 0. The predicted octanol–water partition coefficient (Wildman–Crippen LogP) is 16.4. The van der Waals surface area contributed by atoms with Crippen LogP contribution in [-0.4, -0.2) is 148 Å². The van der Waals surface area contributed by atoms with Gasteiger partial charge in [0, 0.05) is 115 Å². The number of imidazole rings is 1. The zero-order chi connectivity index (χ0) is 91.0. The Morgan fingerprint density at radius 2 is 1.01 bits per heavy atom. The Bertz CT molecular complexity index is 4490. The molecule has 2 amide bonds. The number of ketones is 1. The molecule has 39 heteroatoms. The topological polar surface area (TPSA) is 444 Å². The summed E-state index contributed by atoms with van der Waals surface area (Å²) in [6.45, 7) is 35.6. The summed E-state index contributed by atoms with van der Waals surface area (Å²) in [5, 5.41) is 55.9. The second kappa shape index (κ2) is 57.0. The molecule has 1 aliphatic heterocycles. The van der Waals surface area contributed by atoms with Gasteiger partial charge in [-0.2, -0.15) is 9.66 Å². The number of benzene rings is 2. The number of nitrogens with one attached hydrogen (secondary N) is 2. The van der Waals surface area contributed by atoms with Crippen LogP contribution in [0.2, 0.25) is 10.0 Å². The molecule has 119 heavy (non-hydrogen) atoms. The summed E-state index contributed by atoms with van der Waals surface area (Å²) in [5.41, 5.74) is 15.1. The van der Waals surface area contributed by atoms with Crippen molar-refractivity contribution < 1.29 is 83.4 Å². The van der Waals surface area contributed by atoms with E-state index in [9.17, 15) is 41.3 Å². The molecule has 1 saturated carbocycles. The van der Waals surface area contributed by atoms with Crippen LogP contribution in [0.3, 0.4) is 0 Å². The molecule has 7 atom stereocenters. The molecule has 8 aromatic rings. The SMILES string of the molecule is CC(=N[S@@](=O)C(C)(C)C)c1ccc(Br)nc1.CC(=O)c1ccc(Br)nc1.CC(C)(C)S(N)=O.CCO.CCO.CCO.CCO.C[C@@H](N)c1ccc(Br)nc1.C[C@@H](N)c1ccc(Br)nc1.C[C@@H](N[S@@](=O)C(C)(C)C)c1ccc(Br)nc1.C[C@@]1(Cc2ccc(C#N)cc2)C(=O)N(c2cc(Cl)c(F)c(Cl)c2)c2ncc(C(=O)NC3(C(=O)O)CC3)n21.[Ti]. The molecule has 0 bridgehead atoms. The molecule has 13 N–H and O–H groups in total. The number of carbonyl (C=O) groups excluding carboxylic acids is 3. The summed E-state index contributed by atoms with van der Waals surface area (Å²) in [7, 11) is -3.47. The Morgan fingerprint density at radius 1 is 0.630 bits per heavy atom. The van der Waals surface area contributed by atoms with E-state index >= 15 is 0 Å². The van der Waals surface area contributed by atoms with E-state index in [-0.39, 0.29) is 133 Å². The van der Waals surface area contributed by atoms with Crippen molar-refractivity contribution in [3.63, 3.8) is 0 Å². The van der Waals surface area contributed by atoms with Crippen molar-refractivity contribution >= 4 is 177 Å². The number of nitrogens with two attached hydrogens (primary N) is 3. The molecule has 0 saturated heterocycles. The number of nitriles is 1. The van der Waals surface area contributed by atoms with Gasteiger partial charge in [-0.1, -0.05) is 53.5 Å². The molecule has 0 radical (unpaired) electrons. The molecule has 1 unspecified atom stereocenters. The van der Waals surface area contributed by atoms with Crippen LogP contribution < -0.4 is 31.5 Å². The van der Waals surface area contributed by atoms with Gasteiger partial charge in [0.15, 0.2) is 11.6 Å². The molecule has 10 rings (SSSR count). The summed E-state index contributed by atoms with van der Waals surface area (Å²) in [4.78, 5) is 75.3. The van der Waals surface area contributed by atoms with Gasteiger partial charge in [-0.25, -0.2) is 61.3 Å². The van der Waals surface area contributed by atoms with Gasteiger partial charge in [0.1, 0.15) is 50.8 Å². The molecular formula is C80H109Br5Cl2FN15O12S3Ti. The van der Waals surface area contributed by atoms with Crippen LogP contribution in [0.1, 0.15) is 217 Å². The number of pyridine rings is 5. The van der Waals surface area contributed by atoms with Gasteiger partial charge in [-0.05, 0) is 313 Å². The second-order valence-corrected chi connectivity index (χ2v) is 38.9. The summed E-state index contributed by atoms with van der Waals surface area (Å²) in [6.07, 6.45) is 10.5. The minimum Gasteiger partial charge on any atom is -0.480 e. The molecule has 1 fully saturated rings. The van der Waals surface area contributed by atoms with Gasteiger partial charge >= 0.3 is 5.97 Å². The molecule has 7 heterocycles. The van der Waals surface area contributed by atoms with Crippen LogP contribution >= 0.6 is 103 Å². The number of hydrogen-bond donors (Lipinski definition) is 10. The molecular weight excluding hydrogens is 2000 g/mol. The summed E-state index contributed by atoms with van der Waals surface area (Å²) in [5.74, 6) is -3.08. The summed E-state index contributed by atoms with van der Waals surface area (Å²) >= 11 is 28.2. The number of aromatic nitrogens is 7. The number of aliphatic carboxylic acids is 1. The van der Waals surface area contributed by atoms with Gasteiger partial charge in [-0.15, -0.1) is 0 Å². The number of halogens is 8. The number of aliphatic hydroxyl groups excluding tert-OH is 4. The first kappa shape index (κ1) is 115. The predicted molar refractivity (Wildman–Crippen MR) is 489 cm³/mol. The molecule has 0 spiro atoms. The van der Waals surface area contributed by atoms with Gasteiger partial charge in [0.2, 0.25) is 5.95 Å². The third-order valence-corrected chi connectivity index (χ3v) is 22.2. The fraction of sp³-hybridized carbons (Fsp3) is 0.425. The van der Waals surface area contributed by atoms with E-state index in [2.05, 4.69) is 124 Å². The number of anilines is 2. The van der Waals surface area contributed by atoms with Crippen LogP contribution in [0.15, 0.2) is 162 Å². The van der Waals surface area contributed by atoms with Crippen molar-refractivity contribution in [2.24, 2.45) is 21.0 Å². The average molecular weight is 2110 g/mol. The summed E-state index contributed by atoms with van der Waals surface area (Å²) in [6, 6.07) is 30.1. The first-order chi connectivity index (χ1) is 54.8. The van der Waals surface area contributed by atoms with Gasteiger partial charge in [0.25, 0.3) is 11.8 Å². The number of fused-ring (bicyclic) bond motifs is 1. The Labute approximate surface area is 773 Å². The van der Waals surface area contributed by atoms with Crippen molar-refractivity contribution in [1.82, 2.24) is 44.5 Å². The largest absolute Gasteiger partial charge is 0.480 e. The van der Waals surface area contributed by atoms with Crippen LogP contribution in [0.4, 0.5) is 16.0 Å². The number of carboxylic acid groups (broad SMARTS) is 1. The zero-order valence-electron chi connectivity index (χ0n) is 69.9. The van der Waals surface area contributed by atoms with Gasteiger partial charge in [0.05, 0.1) is 75.5 Å². The first-order valence-corrected chi connectivity index (χ1v) is 44.5. The fourth-order valence-electron chi connectivity index (χ4n) is 8.38. The number of nitrogens with zero attached hydrogens (tertiary/aromatic N) is 10. The number of aliphatic hydroxyl groups is 4. The zero-order valence-corrected chi connectivity index (χ0v) is 83.4. The standard InChI is InChI=1S/C25H18Cl2FN5O4.C11H17BrN2OS.C11H15BrN2OS.2C7H9BrN2.C7H6BrNO.C4H11NOS.4C2H6O.Ti/c1-24(10-13-2-4-14(11-29)5-3-13)21(35)32(15-8-16(26)19(28)17(27)9-15)23-30-12-18(33(23)24)20(34)31-25(6-7-25)22(36)37;2*1-8(14-16(15)11(2,3)4)9-5-6-10(12)13-7-9;2*1-5(9)6-2-3-7(8)10-4-6;1-5(10)6-2-3-7(8)9-4-6;1-4(2,3)7(5)6;4*1-2-3;/h2-5,8-9,12H,6-7,10H2,1H3,(H,31,34)(H,36,37);5-8,14H,1-4H3;5-7H,1-4H3;2*2-5H,9H2,1H3;2-4H,1H3;5H2,1-3H3;4*3H,2H2,1H3;/t24-;8-,16+;16-;2*5-;;;;;;;/m11011......./s1. The monoisotopic (exact) mass is 2100 g/mol. The number of carbonyl (C=O) groups is 4. The quantitative estimate of drug-likeness (QED) is 0.0159. The molecule has 6 aromatic heterocycles. The Balaban J connectivity index is 0. The number of hydrogen-bond acceptors (Lipinski definition) is 20. The Morgan fingerprint density at radius 3 is 1.32 bits per heavy atom. The molecule has 2 aromatic carbocycles. The van der Waals surface area contributed by atoms with E-state index < -0.39 is 67.6 Å². The van der Waals surface area contributed by atoms with Crippen LogP contribution in [0.5, 0.6) is 0 Å². The molecule has 2 aliphatic rings. The van der Waals surface area contributed by atoms with Gasteiger partial charge in [-0.3, -0.25) is 24.1 Å². The third kappa shape index (κ3) is 42.1. The number of carboxylic acids is 1. The molecule has 27 nitrogen and oxygen atoms in total. The normalized spacial score (nSPS) is 14.7. The van der Waals surface area contributed by atoms with E-state index in [1.54, 1.807) is 102 Å². The van der Waals surface area contributed by atoms with E-state index in [0.717, 1.165) is 51.0 Å². The van der Waals surface area contributed by atoms with Crippen molar-refractivity contribution in [1.29, 1.82) is 5.26 Å². The van der Waals surface area contributed by atoms with Crippen molar-refractivity contribution in [3.05, 3.63) is 218 Å². The fourth-order valence-corrected chi connectivity index (χ4v) is 11.5. The maximum absolute atomic E-state index is 14.1. The maximum Gasteiger partial charge on any atom is 0.329 e. The third-order valence-electron chi connectivity index (χ3n) is 15.0. The molecule has 1 aliphatic carbocycles. The van der Waals surface area contributed by atoms with Gasteiger partial charge < -0.3 is 42.3 Å². The second-order valence-electron chi connectivity index (χ2n) is 28.3. The Hall–Kier alpha value is -5.61. The van der Waals surface area contributed by atoms with E-state index in [0.29, 0.717) is 16.7 Å². The van der Waals surface area contributed by atoms with Crippen LogP contribution in [0.25, 0.3) is 0 Å². The van der Waals surface area contributed by atoms with E-state index in [1.807, 2.05) is 145 Å². The Kier molecular flexibility index (Phi) is 55.3. The number of Topliss-reactive ketones (excluding diaryl/α,β-unsaturated/α-hetero) is 1. The van der Waals surface area contributed by atoms with E-state index in [4.69, 9.17) is 65.5 Å². The van der Waals surface area contributed by atoms with Crippen LogP contribution in [-0.2, 0) is 76.2 Å². The summed E-state index contributed by atoms with van der Waals surface area (Å²) < 4.78 is 60.0. The van der Waals surface area contributed by atoms with Crippen molar-refractivity contribution in [2.45, 2.75) is 194 Å². The van der Waals surface area contributed by atoms with Crippen LogP contribution in [0, 0.1) is 17.1 Å². The smallest absolute Gasteiger partial charge is 0.329 e. The minimum atomic E-state index is -1.40. The van der Waals surface area contributed by atoms with E-state index in [1.165, 1.54) is 34.7 Å². The maximum atomic E-state index is 14.1. The first-order valence-electron chi connectivity index (χ1n) is 36.3. The van der Waals surface area contributed by atoms with Crippen molar-refractivity contribution in [3.8, 4) is 6.07 Å².